The molecule has 0 aliphatic carbocycles. The summed E-state index contributed by atoms with van der Waals surface area (Å²) in [7, 11) is 1.60. The van der Waals surface area contributed by atoms with Crippen LogP contribution in [0.4, 0.5) is 0 Å². The van der Waals surface area contributed by atoms with E-state index in [4.69, 9.17) is 26.4 Å². The molecule has 36 heavy (non-hydrogen) atoms. The third kappa shape index (κ3) is 5.94. The second-order valence-corrected chi connectivity index (χ2v) is 8.96. The van der Waals surface area contributed by atoms with Crippen molar-refractivity contribution in [2.45, 2.75) is 46.8 Å². The normalized spacial score (nSPS) is 16.1. The van der Waals surface area contributed by atoms with E-state index < -0.39 is 12.0 Å². The molecule has 8 heteroatoms. The molecule has 0 spiro atoms. The molecule has 1 aliphatic heterocycles. The van der Waals surface area contributed by atoms with E-state index in [1.807, 2.05) is 62.4 Å². The maximum absolute atomic E-state index is 13.9. The number of thiocarbonyl (C=S) groups is 1. The Labute approximate surface area is 217 Å². The molecule has 1 amide bonds. The number of hydrogen-bond donors (Lipinski definition) is 1. The van der Waals surface area contributed by atoms with E-state index in [1.54, 1.807) is 34.0 Å². The fourth-order valence-corrected chi connectivity index (χ4v) is 4.33. The van der Waals surface area contributed by atoms with E-state index in [0.29, 0.717) is 28.2 Å². The number of amides is 1. The molecule has 7 nitrogen and oxygen atoms in total. The minimum absolute atomic E-state index is 0.114. The molecule has 0 aromatic heterocycles. The smallest absolute Gasteiger partial charge is 0.338 e. The summed E-state index contributed by atoms with van der Waals surface area (Å²) in [6.45, 7) is 9.24. The van der Waals surface area contributed by atoms with Crippen molar-refractivity contribution in [1.29, 1.82) is 0 Å². The van der Waals surface area contributed by atoms with Crippen LogP contribution in [0.2, 0.25) is 0 Å². The summed E-state index contributed by atoms with van der Waals surface area (Å²) in [5, 5.41) is 3.22. The highest BCUT2D eigenvalue weighted by atomic mass is 32.1. The number of rotatable bonds is 8. The van der Waals surface area contributed by atoms with Gasteiger partial charge >= 0.3 is 5.97 Å². The van der Waals surface area contributed by atoms with Gasteiger partial charge in [0, 0.05) is 16.8 Å². The van der Waals surface area contributed by atoms with E-state index >= 15 is 0 Å². The van der Waals surface area contributed by atoms with Gasteiger partial charge in [-0.1, -0.05) is 30.3 Å². The summed E-state index contributed by atoms with van der Waals surface area (Å²) >= 11 is 5.63. The lowest BCUT2D eigenvalue weighted by atomic mass is 9.92. The Bertz CT molecular complexity index is 1200. The number of methoxy groups -OCH3 is 1. The Balaban J connectivity index is 2.14. The molecule has 2 aromatic carbocycles. The van der Waals surface area contributed by atoms with Gasteiger partial charge in [0.15, 0.2) is 5.11 Å². The molecule has 1 atom stereocenters. The number of esters is 1. The van der Waals surface area contributed by atoms with Crippen molar-refractivity contribution in [2.75, 3.05) is 13.7 Å². The Morgan fingerprint density at radius 1 is 1.14 bits per heavy atom. The molecule has 2 aromatic rings. The first-order chi connectivity index (χ1) is 17.2. The van der Waals surface area contributed by atoms with Gasteiger partial charge in [0.05, 0.1) is 25.4 Å². The minimum Gasteiger partial charge on any atom is -0.497 e. The fraction of sp³-hybridized carbons (Fsp3) is 0.321. The molecule has 1 aliphatic rings. The van der Waals surface area contributed by atoms with Gasteiger partial charge in [0.1, 0.15) is 17.5 Å². The number of hydrogen-bond acceptors (Lipinski definition) is 6. The van der Waals surface area contributed by atoms with E-state index in [-0.39, 0.29) is 23.7 Å². The topological polar surface area (TPSA) is 77.1 Å². The van der Waals surface area contributed by atoms with E-state index in [2.05, 4.69) is 5.32 Å². The zero-order valence-corrected chi connectivity index (χ0v) is 22.3. The van der Waals surface area contributed by atoms with Crippen LogP contribution in [0.15, 0.2) is 65.4 Å². The van der Waals surface area contributed by atoms with Crippen molar-refractivity contribution in [2.24, 2.45) is 0 Å². The highest BCUT2D eigenvalue weighted by Gasteiger charge is 2.41. The molecule has 190 valence electrons. The van der Waals surface area contributed by atoms with Crippen LogP contribution in [-0.4, -0.2) is 41.7 Å². The van der Waals surface area contributed by atoms with Crippen LogP contribution in [0.3, 0.4) is 0 Å². The van der Waals surface area contributed by atoms with E-state index in [9.17, 15) is 9.59 Å². The first kappa shape index (κ1) is 26.9. The van der Waals surface area contributed by atoms with Gasteiger partial charge in [-0.3, -0.25) is 9.69 Å². The third-order valence-corrected chi connectivity index (χ3v) is 5.87. The lowest BCUT2D eigenvalue weighted by Crippen LogP contribution is -2.51. The Hall–Kier alpha value is -3.65. The zero-order valence-electron chi connectivity index (χ0n) is 21.5. The molecule has 3 rings (SSSR count). The molecule has 1 N–H and O–H groups in total. The average molecular weight is 509 g/mol. The van der Waals surface area contributed by atoms with Crippen LogP contribution in [0.1, 0.15) is 51.8 Å². The Morgan fingerprint density at radius 3 is 2.42 bits per heavy atom. The average Bonchev–Trinajstić information content (AvgIpc) is 2.83. The van der Waals surface area contributed by atoms with Crippen molar-refractivity contribution in [3.05, 3.63) is 76.5 Å². The second kappa shape index (κ2) is 11.9. The van der Waals surface area contributed by atoms with Crippen LogP contribution in [0, 0.1) is 0 Å². The number of nitrogens with zero attached hydrogens (tertiary/aromatic N) is 1. The van der Waals surface area contributed by atoms with Crippen molar-refractivity contribution in [3.63, 3.8) is 0 Å². The number of ether oxygens (including phenoxy) is 3. The SMILES string of the molecule is CCOC(=O)C1=C(C)NC(=S)N(C(=O)/C(C)=C/c2ccc(OC)cc2)C1c1ccccc1OC(C)C. The maximum Gasteiger partial charge on any atom is 0.338 e. The van der Waals surface area contributed by atoms with E-state index in [0.717, 1.165) is 11.3 Å². The largest absolute Gasteiger partial charge is 0.497 e. The van der Waals surface area contributed by atoms with Gasteiger partial charge in [-0.2, -0.15) is 0 Å². The molecule has 1 unspecified atom stereocenters. The van der Waals surface area contributed by atoms with Gasteiger partial charge in [0.2, 0.25) is 0 Å². The van der Waals surface area contributed by atoms with Gasteiger partial charge < -0.3 is 19.5 Å². The first-order valence-electron chi connectivity index (χ1n) is 11.8. The van der Waals surface area contributed by atoms with Gasteiger partial charge in [-0.05, 0) is 76.7 Å². The molecular weight excluding hydrogens is 476 g/mol. The van der Waals surface area contributed by atoms with Crippen LogP contribution < -0.4 is 14.8 Å². The molecule has 0 radical (unpaired) electrons. The maximum atomic E-state index is 13.9. The number of allylic oxidation sites excluding steroid dienone is 1. The summed E-state index contributed by atoms with van der Waals surface area (Å²) in [6, 6.07) is 13.9. The van der Waals surface area contributed by atoms with Crippen LogP contribution in [0.5, 0.6) is 11.5 Å². The minimum atomic E-state index is -0.834. The number of para-hydroxylation sites is 1. The van der Waals surface area contributed by atoms with Gasteiger partial charge in [0.25, 0.3) is 5.91 Å². The lowest BCUT2D eigenvalue weighted by Gasteiger charge is -2.39. The van der Waals surface area contributed by atoms with Crippen LogP contribution in [-0.2, 0) is 14.3 Å². The molecule has 0 fully saturated rings. The van der Waals surface area contributed by atoms with Gasteiger partial charge in [-0.25, -0.2) is 4.79 Å². The highest BCUT2D eigenvalue weighted by Crippen LogP contribution is 2.40. The van der Waals surface area contributed by atoms with Crippen molar-refractivity contribution in [1.82, 2.24) is 10.2 Å². The summed E-state index contributed by atoms with van der Waals surface area (Å²) in [5.41, 5.74) is 2.75. The van der Waals surface area contributed by atoms with Crippen LogP contribution >= 0.6 is 12.2 Å². The number of carbonyl (C=O) groups excluding carboxylic acids is 2. The number of nitrogens with one attached hydrogen (secondary N) is 1. The number of benzene rings is 2. The monoisotopic (exact) mass is 508 g/mol. The predicted octanol–water partition coefficient (Wildman–Crippen LogP) is 5.18. The van der Waals surface area contributed by atoms with Crippen LogP contribution in [0.25, 0.3) is 6.08 Å². The number of carbonyl (C=O) groups is 2. The van der Waals surface area contributed by atoms with Crippen molar-refractivity contribution >= 4 is 35.3 Å². The van der Waals surface area contributed by atoms with Crippen molar-refractivity contribution in [3.8, 4) is 11.5 Å². The third-order valence-electron chi connectivity index (χ3n) is 5.58. The quantitative estimate of drug-likeness (QED) is 0.299. The van der Waals surface area contributed by atoms with Crippen molar-refractivity contribution < 1.29 is 23.8 Å². The predicted molar refractivity (Wildman–Crippen MR) is 144 cm³/mol. The summed E-state index contributed by atoms with van der Waals surface area (Å²) in [6.07, 6.45) is 1.66. The first-order valence-corrected chi connectivity index (χ1v) is 12.2. The summed E-state index contributed by atoms with van der Waals surface area (Å²) < 4.78 is 16.7. The van der Waals surface area contributed by atoms with E-state index in [1.165, 1.54) is 4.90 Å². The van der Waals surface area contributed by atoms with Gasteiger partial charge in [-0.15, -0.1) is 0 Å². The molecule has 1 heterocycles. The summed E-state index contributed by atoms with van der Waals surface area (Å²) in [4.78, 5) is 28.5. The zero-order chi connectivity index (χ0) is 26.4. The highest BCUT2D eigenvalue weighted by molar-refractivity contribution is 7.80. The lowest BCUT2D eigenvalue weighted by molar-refractivity contribution is -0.139. The Morgan fingerprint density at radius 2 is 1.81 bits per heavy atom. The molecule has 0 bridgehead atoms. The standard InChI is InChI=1S/C28H32N2O5S/c1-7-34-27(32)24-19(5)29-28(36)30(25(24)22-10-8-9-11-23(22)35-17(2)3)26(31)18(4)16-20-12-14-21(33-6)15-13-20/h8-17,25H,7H2,1-6H3,(H,29,36)/b18-16+. The molecular formula is C28H32N2O5S. The molecule has 0 saturated carbocycles. The summed E-state index contributed by atoms with van der Waals surface area (Å²) in [5.74, 6) is 0.413. The molecule has 0 saturated heterocycles. The Kier molecular flexibility index (Phi) is 8.88. The second-order valence-electron chi connectivity index (χ2n) is 8.57. The fourth-order valence-electron chi connectivity index (χ4n) is 3.99.